The van der Waals surface area contributed by atoms with Crippen molar-refractivity contribution in [3.05, 3.63) is 113 Å². The molecule has 0 unspecified atom stereocenters. The van der Waals surface area contributed by atoms with Crippen LogP contribution in [0.25, 0.3) is 16.3 Å². The average Bonchev–Trinajstić information content (AvgIpc) is 3.19. The van der Waals surface area contributed by atoms with E-state index in [4.69, 9.17) is 4.74 Å². The zero-order valence-corrected chi connectivity index (χ0v) is 21.1. The molecule has 1 fully saturated rings. The second kappa shape index (κ2) is 8.25. The Balaban J connectivity index is 1.47. The highest BCUT2D eigenvalue weighted by Crippen LogP contribution is 2.55. The Hall–Kier alpha value is -4.03. The fourth-order valence-electron chi connectivity index (χ4n) is 6.18. The lowest BCUT2D eigenvalue weighted by atomic mass is 9.64. The molecule has 0 N–H and O–H groups in total. The molecule has 2 amide bonds. The Labute approximate surface area is 221 Å². The average molecular weight is 550 g/mol. The van der Waals surface area contributed by atoms with Crippen molar-refractivity contribution in [3.8, 4) is 5.75 Å². The van der Waals surface area contributed by atoms with Crippen molar-refractivity contribution in [2.24, 2.45) is 17.8 Å². The Morgan fingerprint density at radius 1 is 0.730 bits per heavy atom. The van der Waals surface area contributed by atoms with Gasteiger partial charge in [-0.05, 0) is 52.2 Å². The van der Waals surface area contributed by atoms with Crippen LogP contribution in [0.3, 0.4) is 0 Å². The highest BCUT2D eigenvalue weighted by molar-refractivity contribution is 9.10. The molecule has 0 radical (unpaired) electrons. The third-order valence-electron chi connectivity index (χ3n) is 7.75. The van der Waals surface area contributed by atoms with E-state index in [2.05, 4.69) is 15.9 Å². The zero-order valence-electron chi connectivity index (χ0n) is 19.5. The second-order valence-corrected chi connectivity index (χ2v) is 10.6. The first-order chi connectivity index (χ1) is 18.0. The number of hydrogen-bond acceptors (Lipinski definition) is 4. The van der Waals surface area contributed by atoms with Crippen molar-refractivity contribution in [2.45, 2.75) is 5.92 Å². The monoisotopic (exact) mass is 549 g/mol. The maximum absolute atomic E-state index is 14.0. The van der Waals surface area contributed by atoms with E-state index in [9.17, 15) is 14.4 Å². The molecule has 2 heterocycles. The number of imide groups is 1. The number of amides is 2. The molecule has 0 spiro atoms. The summed E-state index contributed by atoms with van der Waals surface area (Å²) in [5.41, 5.74) is 3.01. The Morgan fingerprint density at radius 2 is 1.43 bits per heavy atom. The first kappa shape index (κ1) is 22.2. The van der Waals surface area contributed by atoms with Crippen LogP contribution in [0, 0.1) is 17.8 Å². The number of anilines is 1. The first-order valence-electron chi connectivity index (χ1n) is 12.2. The summed E-state index contributed by atoms with van der Waals surface area (Å²) in [5.74, 6) is -3.47. The molecule has 37 heavy (non-hydrogen) atoms. The SMILES string of the molecule is O=C1Oc2ccc3ccccc3c2C2=C[C@H](c3ccccc3)[C@@H]3C(=O)N(c4ccc(Br)cc4)C(=O)[C@@H]3[C@@H]12. The summed E-state index contributed by atoms with van der Waals surface area (Å²) in [5, 5.41) is 1.97. The number of benzene rings is 4. The van der Waals surface area contributed by atoms with Gasteiger partial charge in [0.25, 0.3) is 0 Å². The predicted octanol–water partition coefficient (Wildman–Crippen LogP) is 6.12. The van der Waals surface area contributed by atoms with Crippen LogP contribution < -0.4 is 9.64 Å². The van der Waals surface area contributed by atoms with Gasteiger partial charge < -0.3 is 4.74 Å². The normalized spacial score (nSPS) is 24.3. The molecular weight excluding hydrogens is 530 g/mol. The number of nitrogens with zero attached hydrogens (tertiary/aromatic N) is 1. The van der Waals surface area contributed by atoms with Gasteiger partial charge in [-0.25, -0.2) is 4.90 Å². The molecule has 5 nitrogen and oxygen atoms in total. The molecule has 2 aliphatic heterocycles. The second-order valence-electron chi connectivity index (χ2n) is 9.66. The van der Waals surface area contributed by atoms with Crippen LogP contribution in [0.1, 0.15) is 17.0 Å². The molecule has 0 aromatic heterocycles. The first-order valence-corrected chi connectivity index (χ1v) is 13.0. The molecular formula is C31H20BrNO4. The largest absolute Gasteiger partial charge is 0.425 e. The fraction of sp³-hybridized carbons (Fsp3) is 0.129. The van der Waals surface area contributed by atoms with E-state index >= 15 is 0 Å². The van der Waals surface area contributed by atoms with Gasteiger partial charge >= 0.3 is 5.97 Å². The zero-order chi connectivity index (χ0) is 25.3. The van der Waals surface area contributed by atoms with E-state index in [1.54, 1.807) is 24.3 Å². The highest BCUT2D eigenvalue weighted by Gasteiger charge is 2.60. The molecule has 180 valence electrons. The number of rotatable bonds is 2. The van der Waals surface area contributed by atoms with Crippen LogP contribution in [-0.4, -0.2) is 17.8 Å². The maximum Gasteiger partial charge on any atom is 0.319 e. The highest BCUT2D eigenvalue weighted by atomic mass is 79.9. The summed E-state index contributed by atoms with van der Waals surface area (Å²) >= 11 is 3.42. The molecule has 1 aliphatic carbocycles. The quantitative estimate of drug-likeness (QED) is 0.171. The minimum absolute atomic E-state index is 0.294. The molecule has 0 saturated carbocycles. The van der Waals surface area contributed by atoms with Crippen LogP contribution in [-0.2, 0) is 14.4 Å². The van der Waals surface area contributed by atoms with Gasteiger partial charge in [0.15, 0.2) is 0 Å². The number of halogens is 1. The van der Waals surface area contributed by atoms with Gasteiger partial charge in [0, 0.05) is 16.0 Å². The Morgan fingerprint density at radius 3 is 2.22 bits per heavy atom. The van der Waals surface area contributed by atoms with E-state index in [1.165, 1.54) is 4.90 Å². The number of hydrogen-bond donors (Lipinski definition) is 0. The van der Waals surface area contributed by atoms with Gasteiger partial charge in [-0.3, -0.25) is 14.4 Å². The molecule has 6 heteroatoms. The Kier molecular flexibility index (Phi) is 4.95. The third kappa shape index (κ3) is 3.25. The summed E-state index contributed by atoms with van der Waals surface area (Å²) in [4.78, 5) is 42.8. The molecule has 7 rings (SSSR count). The number of fused-ring (bicyclic) bond motifs is 7. The van der Waals surface area contributed by atoms with Crippen molar-refractivity contribution in [1.82, 2.24) is 0 Å². The molecule has 4 aromatic rings. The molecule has 0 bridgehead atoms. The topological polar surface area (TPSA) is 63.7 Å². The number of ether oxygens (including phenoxy) is 1. The minimum atomic E-state index is -0.861. The van der Waals surface area contributed by atoms with Gasteiger partial charge in [0.05, 0.1) is 23.4 Å². The Bertz CT molecular complexity index is 1640. The predicted molar refractivity (Wildman–Crippen MR) is 144 cm³/mol. The van der Waals surface area contributed by atoms with E-state index in [0.717, 1.165) is 31.9 Å². The van der Waals surface area contributed by atoms with E-state index in [0.29, 0.717) is 11.4 Å². The summed E-state index contributed by atoms with van der Waals surface area (Å²) in [6.07, 6.45) is 2.03. The lowest BCUT2D eigenvalue weighted by Gasteiger charge is -2.38. The van der Waals surface area contributed by atoms with Gasteiger partial charge in [-0.15, -0.1) is 0 Å². The van der Waals surface area contributed by atoms with Crippen molar-refractivity contribution in [1.29, 1.82) is 0 Å². The summed E-state index contributed by atoms with van der Waals surface area (Å²) in [6.45, 7) is 0. The van der Waals surface area contributed by atoms with Crippen molar-refractivity contribution >= 4 is 55.7 Å². The molecule has 3 aliphatic rings. The number of carbonyl (C=O) groups is 3. The van der Waals surface area contributed by atoms with Crippen LogP contribution in [0.5, 0.6) is 5.75 Å². The van der Waals surface area contributed by atoms with Gasteiger partial charge in [0.2, 0.25) is 11.8 Å². The number of allylic oxidation sites excluding steroid dienone is 1. The lowest BCUT2D eigenvalue weighted by molar-refractivity contribution is -0.142. The summed E-state index contributed by atoms with van der Waals surface area (Å²) < 4.78 is 6.68. The van der Waals surface area contributed by atoms with Gasteiger partial charge in [-0.2, -0.15) is 0 Å². The van der Waals surface area contributed by atoms with E-state index in [1.807, 2.05) is 72.8 Å². The van der Waals surface area contributed by atoms with Crippen molar-refractivity contribution in [2.75, 3.05) is 4.90 Å². The van der Waals surface area contributed by atoms with Crippen LogP contribution in [0.4, 0.5) is 5.69 Å². The number of carbonyl (C=O) groups excluding carboxylic acids is 3. The molecule has 4 atom stereocenters. The third-order valence-corrected chi connectivity index (χ3v) is 8.28. The van der Waals surface area contributed by atoms with Crippen LogP contribution in [0.2, 0.25) is 0 Å². The molecule has 1 saturated heterocycles. The van der Waals surface area contributed by atoms with Crippen LogP contribution in [0.15, 0.2) is 102 Å². The number of esters is 1. The van der Waals surface area contributed by atoms with Crippen molar-refractivity contribution in [3.63, 3.8) is 0 Å². The summed E-state index contributed by atoms with van der Waals surface area (Å²) in [6, 6.07) is 28.5. The van der Waals surface area contributed by atoms with E-state index < -0.39 is 23.7 Å². The van der Waals surface area contributed by atoms with E-state index in [-0.39, 0.29) is 17.7 Å². The van der Waals surface area contributed by atoms with Gasteiger partial charge in [0.1, 0.15) is 5.75 Å². The van der Waals surface area contributed by atoms with Crippen LogP contribution >= 0.6 is 15.9 Å². The smallest absolute Gasteiger partial charge is 0.319 e. The van der Waals surface area contributed by atoms with Crippen molar-refractivity contribution < 1.29 is 19.1 Å². The lowest BCUT2D eigenvalue weighted by Crippen LogP contribution is -2.42. The fourth-order valence-corrected chi connectivity index (χ4v) is 6.44. The molecule has 4 aromatic carbocycles. The maximum atomic E-state index is 14.0. The summed E-state index contributed by atoms with van der Waals surface area (Å²) in [7, 11) is 0. The standard InChI is InChI=1S/C31H20BrNO4/c32-19-11-13-20(14-12-19)33-29(34)26-22(17-6-2-1-3-7-17)16-23-25-21-9-5-4-8-18(21)10-15-24(25)37-31(36)27(23)28(26)30(33)35/h1-16,22,26-28H/t22-,26+,27+,28+/m1/s1. The van der Waals surface area contributed by atoms with Gasteiger partial charge in [-0.1, -0.05) is 82.7 Å². The minimum Gasteiger partial charge on any atom is -0.425 e.